The van der Waals surface area contributed by atoms with E-state index in [0.29, 0.717) is 5.75 Å². The number of benzene rings is 2. The second kappa shape index (κ2) is 7.54. The standard InChI is InChI=1S/C8H8O3.C7H6O3/c1-11-7-4-2-3-6(5-7)8(9)10;8-6-4-2-1-3-5(6)7(9)10/h2-5H,1H3,(H,9,10);1-4,8H,(H,9,10). The Balaban J connectivity index is 0.000000211. The average molecular weight is 290 g/mol. The molecule has 6 nitrogen and oxygen atoms in total. The van der Waals surface area contributed by atoms with Crippen LogP contribution in [0.4, 0.5) is 0 Å². The van der Waals surface area contributed by atoms with Crippen LogP contribution in [0.3, 0.4) is 0 Å². The Morgan fingerprint density at radius 3 is 2.10 bits per heavy atom. The van der Waals surface area contributed by atoms with E-state index >= 15 is 0 Å². The molecule has 0 radical (unpaired) electrons. The summed E-state index contributed by atoms with van der Waals surface area (Å²) in [5, 5.41) is 25.9. The van der Waals surface area contributed by atoms with Gasteiger partial charge in [0.2, 0.25) is 0 Å². The Kier molecular flexibility index (Phi) is 5.76. The summed E-state index contributed by atoms with van der Waals surface area (Å²) in [6.07, 6.45) is 0. The molecule has 0 aliphatic carbocycles. The number of para-hydroxylation sites is 1. The zero-order chi connectivity index (χ0) is 15.8. The molecule has 0 fully saturated rings. The van der Waals surface area contributed by atoms with Gasteiger partial charge in [-0.25, -0.2) is 9.59 Å². The maximum absolute atomic E-state index is 10.4. The van der Waals surface area contributed by atoms with E-state index in [4.69, 9.17) is 20.1 Å². The number of aromatic hydroxyl groups is 1. The van der Waals surface area contributed by atoms with Gasteiger partial charge in [-0.15, -0.1) is 0 Å². The molecule has 0 aliphatic rings. The van der Waals surface area contributed by atoms with E-state index in [-0.39, 0.29) is 16.9 Å². The lowest BCUT2D eigenvalue weighted by Crippen LogP contribution is -1.95. The summed E-state index contributed by atoms with van der Waals surface area (Å²) >= 11 is 0. The van der Waals surface area contributed by atoms with Crippen LogP contribution in [0, 0.1) is 0 Å². The Morgan fingerprint density at radius 1 is 0.952 bits per heavy atom. The molecule has 0 heterocycles. The molecule has 0 bridgehead atoms. The third-order valence-electron chi connectivity index (χ3n) is 2.45. The summed E-state index contributed by atoms with van der Waals surface area (Å²) in [5.74, 6) is -1.69. The van der Waals surface area contributed by atoms with E-state index in [1.54, 1.807) is 24.3 Å². The molecule has 2 rings (SSSR count). The van der Waals surface area contributed by atoms with Crippen LogP contribution >= 0.6 is 0 Å². The normalized spacial score (nSPS) is 9.19. The van der Waals surface area contributed by atoms with Gasteiger partial charge in [-0.2, -0.15) is 0 Å². The summed E-state index contributed by atoms with van der Waals surface area (Å²) in [6.45, 7) is 0. The fourth-order valence-electron chi connectivity index (χ4n) is 1.41. The van der Waals surface area contributed by atoms with Crippen LogP contribution in [0.25, 0.3) is 0 Å². The molecule has 0 aliphatic heterocycles. The highest BCUT2D eigenvalue weighted by molar-refractivity contribution is 5.90. The fraction of sp³-hybridized carbons (Fsp3) is 0.0667. The van der Waals surface area contributed by atoms with Crippen molar-refractivity contribution in [2.75, 3.05) is 7.11 Å². The molecule has 0 spiro atoms. The lowest BCUT2D eigenvalue weighted by Gasteiger charge is -1.98. The van der Waals surface area contributed by atoms with Crippen molar-refractivity contribution in [1.82, 2.24) is 0 Å². The van der Waals surface area contributed by atoms with Gasteiger partial charge in [0, 0.05) is 0 Å². The van der Waals surface area contributed by atoms with Crippen molar-refractivity contribution in [3.05, 3.63) is 59.7 Å². The van der Waals surface area contributed by atoms with Gasteiger partial charge in [0.1, 0.15) is 17.1 Å². The molecule has 0 saturated carbocycles. The number of carbonyl (C=O) groups is 2. The highest BCUT2D eigenvalue weighted by Gasteiger charge is 2.05. The van der Waals surface area contributed by atoms with Crippen LogP contribution in [-0.4, -0.2) is 34.4 Å². The third-order valence-corrected chi connectivity index (χ3v) is 2.45. The molecule has 0 atom stereocenters. The summed E-state index contributed by atoms with van der Waals surface area (Å²) in [7, 11) is 1.50. The van der Waals surface area contributed by atoms with E-state index in [1.807, 2.05) is 0 Å². The van der Waals surface area contributed by atoms with Crippen molar-refractivity contribution in [2.45, 2.75) is 0 Å². The number of phenols is 1. The van der Waals surface area contributed by atoms with Gasteiger partial charge in [0.25, 0.3) is 0 Å². The number of hydrogen-bond donors (Lipinski definition) is 3. The maximum atomic E-state index is 10.4. The molecular formula is C15H14O6. The predicted octanol–water partition coefficient (Wildman–Crippen LogP) is 2.48. The number of rotatable bonds is 3. The van der Waals surface area contributed by atoms with Crippen molar-refractivity contribution in [3.63, 3.8) is 0 Å². The number of methoxy groups -OCH3 is 1. The van der Waals surface area contributed by atoms with E-state index in [1.165, 1.54) is 31.4 Å². The smallest absolute Gasteiger partial charge is 0.339 e. The van der Waals surface area contributed by atoms with Crippen molar-refractivity contribution >= 4 is 11.9 Å². The van der Waals surface area contributed by atoms with Gasteiger partial charge in [0.05, 0.1) is 12.7 Å². The first kappa shape index (κ1) is 16.0. The quantitative estimate of drug-likeness (QED) is 0.802. The minimum atomic E-state index is -1.11. The van der Waals surface area contributed by atoms with E-state index in [9.17, 15) is 9.59 Å². The molecule has 0 aromatic heterocycles. The van der Waals surface area contributed by atoms with E-state index in [0.717, 1.165) is 0 Å². The van der Waals surface area contributed by atoms with Crippen LogP contribution in [-0.2, 0) is 0 Å². The minimum Gasteiger partial charge on any atom is -0.507 e. The highest BCUT2D eigenvalue weighted by Crippen LogP contribution is 2.14. The summed E-state index contributed by atoms with van der Waals surface area (Å²) < 4.78 is 4.84. The monoisotopic (exact) mass is 290 g/mol. The molecule has 3 N–H and O–H groups in total. The average Bonchev–Trinajstić information content (AvgIpc) is 2.48. The number of aromatic carboxylic acids is 2. The van der Waals surface area contributed by atoms with Gasteiger partial charge in [-0.3, -0.25) is 0 Å². The maximum Gasteiger partial charge on any atom is 0.339 e. The van der Waals surface area contributed by atoms with Crippen LogP contribution in [0.2, 0.25) is 0 Å². The van der Waals surface area contributed by atoms with Crippen molar-refractivity contribution in [3.8, 4) is 11.5 Å². The van der Waals surface area contributed by atoms with Crippen LogP contribution in [0.15, 0.2) is 48.5 Å². The highest BCUT2D eigenvalue weighted by atomic mass is 16.5. The second-order valence-corrected chi connectivity index (χ2v) is 3.86. The van der Waals surface area contributed by atoms with Crippen molar-refractivity contribution in [1.29, 1.82) is 0 Å². The van der Waals surface area contributed by atoms with E-state index < -0.39 is 11.9 Å². The Morgan fingerprint density at radius 2 is 1.62 bits per heavy atom. The SMILES string of the molecule is COc1cccc(C(=O)O)c1.O=C(O)c1ccccc1O. The Hall–Kier alpha value is -3.02. The predicted molar refractivity (Wildman–Crippen MR) is 75.0 cm³/mol. The zero-order valence-electron chi connectivity index (χ0n) is 11.2. The number of carboxylic acid groups (broad SMARTS) is 2. The lowest BCUT2D eigenvalue weighted by molar-refractivity contribution is 0.0684. The van der Waals surface area contributed by atoms with Gasteiger partial charge >= 0.3 is 11.9 Å². The largest absolute Gasteiger partial charge is 0.507 e. The molecule has 0 saturated heterocycles. The number of carboxylic acids is 2. The Labute approximate surface area is 120 Å². The minimum absolute atomic E-state index is 0.0671. The molecule has 0 amide bonds. The van der Waals surface area contributed by atoms with Crippen LogP contribution in [0.5, 0.6) is 11.5 Å². The summed E-state index contributed by atoms with van der Waals surface area (Å²) in [5.41, 5.74) is 0.173. The topological polar surface area (TPSA) is 104 Å². The molecule has 0 unspecified atom stereocenters. The first-order valence-corrected chi connectivity index (χ1v) is 5.84. The number of hydrogen-bond acceptors (Lipinski definition) is 4. The Bertz CT molecular complexity index is 636. The van der Waals surface area contributed by atoms with Crippen molar-refractivity contribution in [2.24, 2.45) is 0 Å². The first-order valence-electron chi connectivity index (χ1n) is 5.84. The van der Waals surface area contributed by atoms with Crippen LogP contribution in [0.1, 0.15) is 20.7 Å². The van der Waals surface area contributed by atoms with Crippen LogP contribution < -0.4 is 4.74 Å². The fourth-order valence-corrected chi connectivity index (χ4v) is 1.41. The number of ether oxygens (including phenoxy) is 1. The zero-order valence-corrected chi connectivity index (χ0v) is 11.2. The molecule has 21 heavy (non-hydrogen) atoms. The van der Waals surface area contributed by atoms with Crippen molar-refractivity contribution < 1.29 is 29.6 Å². The molecule has 2 aromatic rings. The van der Waals surface area contributed by atoms with Gasteiger partial charge in [-0.05, 0) is 30.3 Å². The van der Waals surface area contributed by atoms with Gasteiger partial charge in [0.15, 0.2) is 0 Å². The molecule has 2 aromatic carbocycles. The van der Waals surface area contributed by atoms with E-state index in [2.05, 4.69) is 0 Å². The molecular weight excluding hydrogens is 276 g/mol. The summed E-state index contributed by atoms with van der Waals surface area (Å²) in [6, 6.07) is 12.1. The first-order chi connectivity index (χ1) is 9.95. The molecule has 110 valence electrons. The lowest BCUT2D eigenvalue weighted by atomic mass is 10.2. The summed E-state index contributed by atoms with van der Waals surface area (Å²) in [4.78, 5) is 20.7. The van der Waals surface area contributed by atoms with Gasteiger partial charge in [-0.1, -0.05) is 18.2 Å². The molecule has 6 heteroatoms. The third kappa shape index (κ3) is 4.87. The van der Waals surface area contributed by atoms with Gasteiger partial charge < -0.3 is 20.1 Å². The second-order valence-electron chi connectivity index (χ2n) is 3.86.